The number of halogens is 2. The van der Waals surface area contributed by atoms with Crippen molar-refractivity contribution in [3.63, 3.8) is 0 Å². The Hall–Kier alpha value is -2.38. The maximum absolute atomic E-state index is 13.5. The first-order valence-corrected chi connectivity index (χ1v) is 5.96. The second kappa shape index (κ2) is 6.69. The smallest absolute Gasteiger partial charge is 0.138 e. The first-order valence-electron chi connectivity index (χ1n) is 5.96. The lowest BCUT2D eigenvalue weighted by atomic mass is 10.2. The molecule has 0 aliphatic rings. The number of benzene rings is 2. The van der Waals surface area contributed by atoms with Crippen LogP contribution in [-0.4, -0.2) is 11.7 Å². The molecule has 102 valence electrons. The molecule has 0 saturated heterocycles. The van der Waals surface area contributed by atoms with E-state index in [-0.39, 0.29) is 24.8 Å². The zero-order valence-corrected chi connectivity index (χ0v) is 10.6. The van der Waals surface area contributed by atoms with Gasteiger partial charge in [0.1, 0.15) is 30.6 Å². The molecule has 4 heteroatoms. The monoisotopic (exact) mass is 274 g/mol. The third-order valence-corrected chi connectivity index (χ3v) is 2.59. The van der Waals surface area contributed by atoms with Crippen LogP contribution in [0.5, 0.6) is 5.75 Å². The van der Waals surface area contributed by atoms with Gasteiger partial charge in [0.05, 0.1) is 5.56 Å². The van der Waals surface area contributed by atoms with E-state index in [1.54, 1.807) is 18.2 Å². The second-order valence-corrected chi connectivity index (χ2v) is 3.98. The highest BCUT2D eigenvalue weighted by molar-refractivity contribution is 5.46. The minimum absolute atomic E-state index is 0.0239. The number of hydrogen-bond donors (Lipinski definition) is 1. The Morgan fingerprint density at radius 1 is 1.10 bits per heavy atom. The molecular formula is C16H12F2O2. The van der Waals surface area contributed by atoms with Crippen molar-refractivity contribution in [1.29, 1.82) is 0 Å². The van der Waals surface area contributed by atoms with Crippen LogP contribution < -0.4 is 4.74 Å². The average molecular weight is 274 g/mol. The second-order valence-electron chi connectivity index (χ2n) is 3.98. The fourth-order valence-electron chi connectivity index (χ4n) is 1.62. The van der Waals surface area contributed by atoms with Crippen LogP contribution in [0.15, 0.2) is 42.5 Å². The van der Waals surface area contributed by atoms with Crippen LogP contribution in [0.25, 0.3) is 0 Å². The summed E-state index contributed by atoms with van der Waals surface area (Å²) in [4.78, 5) is 0. The highest BCUT2D eigenvalue weighted by Gasteiger charge is 2.06. The molecule has 0 amide bonds. The van der Waals surface area contributed by atoms with Crippen LogP contribution in [0.3, 0.4) is 0 Å². The molecule has 0 aliphatic carbocycles. The van der Waals surface area contributed by atoms with Gasteiger partial charge in [-0.05, 0) is 18.2 Å². The van der Waals surface area contributed by atoms with Crippen molar-refractivity contribution in [1.82, 2.24) is 0 Å². The van der Waals surface area contributed by atoms with Crippen LogP contribution in [-0.2, 0) is 6.61 Å². The highest BCUT2D eigenvalue weighted by Crippen LogP contribution is 2.21. The number of aliphatic hydroxyl groups is 1. The van der Waals surface area contributed by atoms with Crippen molar-refractivity contribution in [3.8, 4) is 17.6 Å². The van der Waals surface area contributed by atoms with Gasteiger partial charge >= 0.3 is 0 Å². The fourth-order valence-corrected chi connectivity index (χ4v) is 1.62. The SMILES string of the molecule is OCC#Cc1ccc(F)cc1OCc1ccccc1F. The summed E-state index contributed by atoms with van der Waals surface area (Å²) in [5.41, 5.74) is 0.814. The molecule has 20 heavy (non-hydrogen) atoms. The summed E-state index contributed by atoms with van der Waals surface area (Å²) in [6, 6.07) is 10.1. The van der Waals surface area contributed by atoms with Crippen molar-refractivity contribution < 1.29 is 18.6 Å². The predicted molar refractivity (Wildman–Crippen MR) is 71.1 cm³/mol. The molecule has 2 nitrogen and oxygen atoms in total. The van der Waals surface area contributed by atoms with E-state index in [2.05, 4.69) is 11.8 Å². The van der Waals surface area contributed by atoms with Crippen molar-refractivity contribution in [2.75, 3.05) is 6.61 Å². The third-order valence-electron chi connectivity index (χ3n) is 2.59. The van der Waals surface area contributed by atoms with E-state index in [9.17, 15) is 8.78 Å². The quantitative estimate of drug-likeness (QED) is 0.872. The zero-order chi connectivity index (χ0) is 14.4. The molecule has 0 heterocycles. The molecule has 2 aromatic rings. The van der Waals surface area contributed by atoms with Crippen molar-refractivity contribution in [2.24, 2.45) is 0 Å². The van der Waals surface area contributed by atoms with E-state index in [1.807, 2.05) is 0 Å². The van der Waals surface area contributed by atoms with Gasteiger partial charge in [-0.2, -0.15) is 0 Å². The van der Waals surface area contributed by atoms with Crippen molar-refractivity contribution >= 4 is 0 Å². The van der Waals surface area contributed by atoms with Gasteiger partial charge in [-0.3, -0.25) is 0 Å². The number of hydrogen-bond acceptors (Lipinski definition) is 2. The van der Waals surface area contributed by atoms with Crippen LogP contribution in [0.2, 0.25) is 0 Å². The maximum atomic E-state index is 13.5. The molecule has 0 aliphatic heterocycles. The van der Waals surface area contributed by atoms with Crippen molar-refractivity contribution in [2.45, 2.75) is 6.61 Å². The standard InChI is InChI=1S/C16H12F2O2/c17-14-8-7-12(5-3-9-19)16(10-14)20-11-13-4-1-2-6-15(13)18/h1-2,4,6-8,10,19H,9,11H2. The van der Waals surface area contributed by atoms with Gasteiger partial charge < -0.3 is 9.84 Å². The van der Waals surface area contributed by atoms with Gasteiger partial charge in [-0.1, -0.05) is 30.0 Å². The van der Waals surface area contributed by atoms with Crippen molar-refractivity contribution in [3.05, 3.63) is 65.2 Å². The average Bonchev–Trinajstić information content (AvgIpc) is 2.45. The van der Waals surface area contributed by atoms with Gasteiger partial charge in [0, 0.05) is 11.6 Å². The summed E-state index contributed by atoms with van der Waals surface area (Å²) < 4.78 is 32.1. The molecule has 2 aromatic carbocycles. The lowest BCUT2D eigenvalue weighted by Crippen LogP contribution is -2.00. The molecule has 0 saturated carbocycles. The zero-order valence-electron chi connectivity index (χ0n) is 10.6. The first kappa shape index (κ1) is 14.0. The number of aliphatic hydroxyl groups excluding tert-OH is 1. The molecule has 2 rings (SSSR count). The molecular weight excluding hydrogens is 262 g/mol. The predicted octanol–water partition coefficient (Wildman–Crippen LogP) is 2.89. The van der Waals surface area contributed by atoms with E-state index in [4.69, 9.17) is 9.84 Å². The number of ether oxygens (including phenoxy) is 1. The summed E-state index contributed by atoms with van der Waals surface area (Å²) in [7, 11) is 0. The molecule has 0 bridgehead atoms. The molecule has 0 atom stereocenters. The summed E-state index contributed by atoms with van der Waals surface area (Å²) in [5.74, 6) is 4.48. The highest BCUT2D eigenvalue weighted by atomic mass is 19.1. The van der Waals surface area contributed by atoms with Crippen LogP contribution in [0.4, 0.5) is 8.78 Å². The Bertz CT molecular complexity index is 657. The lowest BCUT2D eigenvalue weighted by Gasteiger charge is -2.09. The van der Waals surface area contributed by atoms with Gasteiger partial charge in [0.15, 0.2) is 0 Å². The first-order chi connectivity index (χ1) is 9.70. The largest absolute Gasteiger partial charge is 0.487 e. The number of rotatable bonds is 3. The van der Waals surface area contributed by atoms with Crippen LogP contribution in [0.1, 0.15) is 11.1 Å². The summed E-state index contributed by atoms with van der Waals surface area (Å²) in [6.45, 7) is -0.325. The minimum Gasteiger partial charge on any atom is -0.487 e. The van der Waals surface area contributed by atoms with Gasteiger partial charge in [0.25, 0.3) is 0 Å². The van der Waals surface area contributed by atoms with Gasteiger partial charge in [-0.15, -0.1) is 0 Å². The Labute approximate surface area is 115 Å². The van der Waals surface area contributed by atoms with E-state index < -0.39 is 5.82 Å². The summed E-state index contributed by atoms with van der Waals surface area (Å²) in [6.07, 6.45) is 0. The Morgan fingerprint density at radius 3 is 2.65 bits per heavy atom. The van der Waals surface area contributed by atoms with E-state index in [0.717, 1.165) is 0 Å². The normalized spacial score (nSPS) is 9.75. The van der Waals surface area contributed by atoms with E-state index in [0.29, 0.717) is 11.1 Å². The fraction of sp³-hybridized carbons (Fsp3) is 0.125. The van der Waals surface area contributed by atoms with Crippen LogP contribution >= 0.6 is 0 Å². The topological polar surface area (TPSA) is 29.5 Å². The summed E-state index contributed by atoms with van der Waals surface area (Å²) >= 11 is 0. The summed E-state index contributed by atoms with van der Waals surface area (Å²) in [5, 5.41) is 8.68. The van der Waals surface area contributed by atoms with E-state index in [1.165, 1.54) is 24.3 Å². The molecule has 0 unspecified atom stereocenters. The van der Waals surface area contributed by atoms with Gasteiger partial charge in [0.2, 0.25) is 0 Å². The lowest BCUT2D eigenvalue weighted by molar-refractivity contribution is 0.297. The molecule has 1 N–H and O–H groups in total. The van der Waals surface area contributed by atoms with E-state index >= 15 is 0 Å². The Balaban J connectivity index is 2.20. The molecule has 0 aromatic heterocycles. The molecule has 0 fully saturated rings. The van der Waals surface area contributed by atoms with Crippen LogP contribution in [0, 0.1) is 23.5 Å². The minimum atomic E-state index is -0.469. The third kappa shape index (κ3) is 3.56. The Kier molecular flexibility index (Phi) is 4.70. The molecule has 0 radical (unpaired) electrons. The maximum Gasteiger partial charge on any atom is 0.138 e. The Morgan fingerprint density at radius 2 is 1.90 bits per heavy atom. The van der Waals surface area contributed by atoms with Gasteiger partial charge in [-0.25, -0.2) is 8.78 Å². The molecule has 0 spiro atoms.